The van der Waals surface area contributed by atoms with E-state index < -0.39 is 16.1 Å². The summed E-state index contributed by atoms with van der Waals surface area (Å²) in [6, 6.07) is 21.1. The van der Waals surface area contributed by atoms with Crippen molar-refractivity contribution in [1.29, 1.82) is 0 Å². The molecule has 0 fully saturated rings. The van der Waals surface area contributed by atoms with Gasteiger partial charge in [-0.2, -0.15) is 0 Å². The Kier molecular flexibility index (Phi) is 12.7. The molecule has 3 aromatic carbocycles. The minimum Gasteiger partial charge on any atom is -0.354 e. The van der Waals surface area contributed by atoms with Crippen molar-refractivity contribution >= 4 is 50.7 Å². The van der Waals surface area contributed by atoms with Crippen LogP contribution < -0.4 is 9.62 Å². The number of nitrogens with one attached hydrogen (secondary N) is 1. The molecule has 1 atom stereocenters. The molecule has 0 aliphatic carbocycles. The van der Waals surface area contributed by atoms with Crippen LogP contribution in [-0.4, -0.2) is 50.5 Å². The molecule has 0 saturated carbocycles. The highest BCUT2D eigenvalue weighted by Gasteiger charge is 2.30. The van der Waals surface area contributed by atoms with E-state index >= 15 is 0 Å². The Morgan fingerprint density at radius 2 is 1.60 bits per heavy atom. The van der Waals surface area contributed by atoms with Gasteiger partial charge in [0, 0.05) is 32.5 Å². The molecule has 42 heavy (non-hydrogen) atoms. The number of aryl methyl sites for hydroxylation is 1. The first-order chi connectivity index (χ1) is 20.0. The summed E-state index contributed by atoms with van der Waals surface area (Å²) in [6.45, 7) is 4.75. The van der Waals surface area contributed by atoms with Gasteiger partial charge in [-0.25, -0.2) is 8.42 Å². The maximum absolute atomic E-state index is 13.9. The fraction of sp³-hybridized carbons (Fsp3) is 0.375. The predicted octanol–water partition coefficient (Wildman–Crippen LogP) is 6.40. The number of anilines is 1. The molecule has 0 unspecified atom stereocenters. The van der Waals surface area contributed by atoms with Gasteiger partial charge in [-0.05, 0) is 55.2 Å². The van der Waals surface area contributed by atoms with Crippen LogP contribution >= 0.6 is 23.2 Å². The Bertz CT molecular complexity index is 1430. The van der Waals surface area contributed by atoms with Gasteiger partial charge >= 0.3 is 0 Å². The van der Waals surface area contributed by atoms with Gasteiger partial charge in [-0.15, -0.1) is 0 Å². The number of hydrogen-bond donors (Lipinski definition) is 1. The lowest BCUT2D eigenvalue weighted by Crippen LogP contribution is -2.50. The maximum Gasteiger partial charge on any atom is 0.243 e. The molecule has 0 spiro atoms. The molecule has 7 nitrogen and oxygen atoms in total. The maximum atomic E-state index is 13.9. The van der Waals surface area contributed by atoms with Gasteiger partial charge in [-0.1, -0.05) is 90.6 Å². The Morgan fingerprint density at radius 3 is 2.21 bits per heavy atom. The van der Waals surface area contributed by atoms with Gasteiger partial charge in [0.1, 0.15) is 6.04 Å². The van der Waals surface area contributed by atoms with Crippen molar-refractivity contribution < 1.29 is 18.0 Å². The van der Waals surface area contributed by atoms with Crippen molar-refractivity contribution in [3.05, 3.63) is 99.5 Å². The van der Waals surface area contributed by atoms with E-state index in [1.807, 2.05) is 56.3 Å². The van der Waals surface area contributed by atoms with Crippen molar-refractivity contribution in [3.8, 4) is 0 Å². The third-order valence-corrected chi connectivity index (χ3v) is 8.84. The number of carbonyl (C=O) groups excluding carboxylic acids is 2. The van der Waals surface area contributed by atoms with Crippen molar-refractivity contribution in [1.82, 2.24) is 10.2 Å². The second-order valence-electron chi connectivity index (χ2n) is 10.4. The number of carbonyl (C=O) groups is 2. The highest BCUT2D eigenvalue weighted by Crippen LogP contribution is 2.25. The quantitative estimate of drug-likeness (QED) is 0.197. The molecule has 10 heteroatoms. The van der Waals surface area contributed by atoms with Gasteiger partial charge < -0.3 is 10.2 Å². The zero-order valence-corrected chi connectivity index (χ0v) is 26.7. The number of rotatable bonds is 15. The van der Waals surface area contributed by atoms with E-state index in [1.54, 1.807) is 35.2 Å². The molecule has 1 N–H and O–H groups in total. The second-order valence-corrected chi connectivity index (χ2v) is 13.1. The summed E-state index contributed by atoms with van der Waals surface area (Å²) >= 11 is 12.4. The smallest absolute Gasteiger partial charge is 0.243 e. The Morgan fingerprint density at radius 1 is 0.905 bits per heavy atom. The van der Waals surface area contributed by atoms with Gasteiger partial charge in [0.25, 0.3) is 0 Å². The lowest BCUT2D eigenvalue weighted by Gasteiger charge is -2.32. The molecule has 226 valence electrons. The third-order valence-electron chi connectivity index (χ3n) is 6.91. The van der Waals surface area contributed by atoms with E-state index in [4.69, 9.17) is 23.2 Å². The van der Waals surface area contributed by atoms with E-state index in [1.165, 1.54) is 4.31 Å². The number of hydrogen-bond acceptors (Lipinski definition) is 4. The van der Waals surface area contributed by atoms with Gasteiger partial charge in [0.15, 0.2) is 0 Å². The molecule has 0 saturated heterocycles. The Balaban J connectivity index is 1.88. The second kappa shape index (κ2) is 16.0. The molecule has 0 aliphatic rings. The van der Waals surface area contributed by atoms with Crippen LogP contribution in [0.25, 0.3) is 0 Å². The van der Waals surface area contributed by atoms with Crippen molar-refractivity contribution in [2.24, 2.45) is 0 Å². The molecule has 0 aliphatic heterocycles. The van der Waals surface area contributed by atoms with Crippen LogP contribution in [0.5, 0.6) is 0 Å². The van der Waals surface area contributed by atoms with E-state index in [9.17, 15) is 18.0 Å². The van der Waals surface area contributed by atoms with Gasteiger partial charge in [0.05, 0.1) is 22.0 Å². The molecule has 0 heterocycles. The number of unbranched alkanes of at least 4 members (excludes halogenated alkanes) is 1. The summed E-state index contributed by atoms with van der Waals surface area (Å²) in [7, 11) is -3.57. The van der Waals surface area contributed by atoms with Crippen LogP contribution in [0.3, 0.4) is 0 Å². The monoisotopic (exact) mass is 631 g/mol. The zero-order valence-electron chi connectivity index (χ0n) is 24.4. The topological polar surface area (TPSA) is 86.8 Å². The Labute approximate surface area is 259 Å². The summed E-state index contributed by atoms with van der Waals surface area (Å²) in [4.78, 5) is 29.0. The number of benzene rings is 3. The molecule has 2 amide bonds. The largest absolute Gasteiger partial charge is 0.354 e. The first-order valence-electron chi connectivity index (χ1n) is 14.1. The first-order valence-corrected chi connectivity index (χ1v) is 16.7. The molecule has 3 rings (SSSR count). The van der Waals surface area contributed by atoms with E-state index in [2.05, 4.69) is 5.32 Å². The summed E-state index contributed by atoms with van der Waals surface area (Å²) in [5.41, 5.74) is 3.21. The fourth-order valence-electron chi connectivity index (χ4n) is 4.61. The summed E-state index contributed by atoms with van der Waals surface area (Å²) < 4.78 is 26.5. The molecule has 0 bridgehead atoms. The first kappa shape index (κ1) is 33.4. The lowest BCUT2D eigenvalue weighted by molar-refractivity contribution is -0.141. The van der Waals surface area contributed by atoms with Gasteiger partial charge in [0.2, 0.25) is 21.8 Å². The molecule has 3 aromatic rings. The average molecular weight is 633 g/mol. The molecule has 0 radical (unpaired) electrons. The zero-order chi connectivity index (χ0) is 30.7. The number of sulfonamides is 1. The SMILES string of the molecule is CCCCNC(=O)[C@@H](Cc1ccccc1)N(Cc1ccc(Cl)c(Cl)c1)C(=O)CCCN(c1ccc(C)cc1)S(C)(=O)=O. The third kappa shape index (κ3) is 10.0. The van der Waals surface area contributed by atoms with Crippen LogP contribution in [-0.2, 0) is 32.6 Å². The Hall–Kier alpha value is -3.07. The number of halogens is 2. The van der Waals surface area contributed by atoms with E-state index in [-0.39, 0.29) is 37.7 Å². The van der Waals surface area contributed by atoms with Crippen LogP contribution in [0.15, 0.2) is 72.8 Å². The summed E-state index contributed by atoms with van der Waals surface area (Å²) in [6.07, 6.45) is 3.55. The van der Waals surface area contributed by atoms with Crippen LogP contribution in [0.4, 0.5) is 5.69 Å². The van der Waals surface area contributed by atoms with Crippen molar-refractivity contribution in [2.75, 3.05) is 23.7 Å². The highest BCUT2D eigenvalue weighted by atomic mass is 35.5. The van der Waals surface area contributed by atoms with Crippen LogP contribution in [0, 0.1) is 6.92 Å². The summed E-state index contributed by atoms with van der Waals surface area (Å²) in [5.74, 6) is -0.497. The standard InChI is InChI=1S/C32H39Cl2N3O4S/c1-4-5-19-35-32(39)30(22-25-10-7-6-8-11-25)36(23-26-15-18-28(33)29(34)21-26)31(38)12-9-20-37(42(3,40)41)27-16-13-24(2)14-17-27/h6-8,10-11,13-18,21,30H,4-5,9,12,19-20,22-23H2,1-3H3,(H,35,39)/t30-/m1/s1. The summed E-state index contributed by atoms with van der Waals surface area (Å²) in [5, 5.41) is 3.75. The minimum atomic E-state index is -3.57. The minimum absolute atomic E-state index is 0.0483. The molecular formula is C32H39Cl2N3O4S. The predicted molar refractivity (Wildman–Crippen MR) is 171 cm³/mol. The van der Waals surface area contributed by atoms with E-state index in [0.717, 1.165) is 35.8 Å². The molecular weight excluding hydrogens is 593 g/mol. The van der Waals surface area contributed by atoms with Gasteiger partial charge in [-0.3, -0.25) is 13.9 Å². The fourth-order valence-corrected chi connectivity index (χ4v) is 5.90. The number of amides is 2. The highest BCUT2D eigenvalue weighted by molar-refractivity contribution is 7.92. The average Bonchev–Trinajstić information content (AvgIpc) is 2.95. The molecule has 0 aromatic heterocycles. The lowest BCUT2D eigenvalue weighted by atomic mass is 10.0. The van der Waals surface area contributed by atoms with Crippen molar-refractivity contribution in [3.63, 3.8) is 0 Å². The normalized spacial score (nSPS) is 12.0. The van der Waals surface area contributed by atoms with Crippen molar-refractivity contribution in [2.45, 2.75) is 58.5 Å². The number of nitrogens with zero attached hydrogens (tertiary/aromatic N) is 2. The van der Waals surface area contributed by atoms with Crippen LogP contribution in [0.2, 0.25) is 10.0 Å². The van der Waals surface area contributed by atoms with Crippen LogP contribution in [0.1, 0.15) is 49.3 Å². The van der Waals surface area contributed by atoms with E-state index in [0.29, 0.717) is 28.7 Å².